The van der Waals surface area contributed by atoms with Crippen LogP contribution in [0.2, 0.25) is 0 Å². The number of halogens is 4. The highest BCUT2D eigenvalue weighted by atomic mass is 79.9. The van der Waals surface area contributed by atoms with Crippen molar-refractivity contribution in [1.29, 1.82) is 0 Å². The smallest absolute Gasteiger partial charge is 0.352 e. The number of carbonyl (C=O) groups excluding carboxylic acids is 1. The van der Waals surface area contributed by atoms with E-state index in [1.165, 1.54) is 16.7 Å². The lowest BCUT2D eigenvalue weighted by Crippen LogP contribution is -2.25. The fourth-order valence-corrected chi connectivity index (χ4v) is 2.77. The molecule has 0 spiro atoms. The molecule has 0 aliphatic heterocycles. The highest BCUT2D eigenvalue weighted by Crippen LogP contribution is 2.29. The summed E-state index contributed by atoms with van der Waals surface area (Å²) in [6.45, 7) is 0.335. The van der Waals surface area contributed by atoms with E-state index >= 15 is 0 Å². The predicted octanol–water partition coefficient (Wildman–Crippen LogP) is 4.09. The van der Waals surface area contributed by atoms with E-state index in [4.69, 9.17) is 0 Å². The lowest BCUT2D eigenvalue weighted by atomic mass is 10.2. The van der Waals surface area contributed by atoms with Crippen LogP contribution in [-0.4, -0.2) is 21.8 Å². The molecule has 1 amide bonds. The number of carbonyl (C=O) groups is 1. The van der Waals surface area contributed by atoms with Gasteiger partial charge >= 0.3 is 6.18 Å². The van der Waals surface area contributed by atoms with E-state index in [-0.39, 0.29) is 5.91 Å². The van der Waals surface area contributed by atoms with Crippen molar-refractivity contribution in [2.75, 3.05) is 6.54 Å². The maximum absolute atomic E-state index is 12.7. The van der Waals surface area contributed by atoms with Gasteiger partial charge in [-0.25, -0.2) is 4.98 Å². The highest BCUT2D eigenvalue weighted by molar-refractivity contribution is 9.10. The second kappa shape index (κ2) is 6.87. The molecule has 3 aromatic rings. The Hall–Kier alpha value is -2.35. The minimum absolute atomic E-state index is 0.218. The average molecular weight is 412 g/mol. The molecule has 3 rings (SSSR count). The Morgan fingerprint density at radius 1 is 1.20 bits per heavy atom. The van der Waals surface area contributed by atoms with Crippen molar-refractivity contribution in [3.8, 4) is 0 Å². The molecule has 2 aromatic heterocycles. The van der Waals surface area contributed by atoms with Crippen molar-refractivity contribution in [3.05, 3.63) is 70.1 Å². The number of benzene rings is 1. The number of hydrogen-bond acceptors (Lipinski definition) is 2. The van der Waals surface area contributed by atoms with Crippen molar-refractivity contribution >= 4 is 27.5 Å². The van der Waals surface area contributed by atoms with Crippen molar-refractivity contribution < 1.29 is 18.0 Å². The fraction of sp³-hybridized carbons (Fsp3) is 0.176. The number of aromatic nitrogens is 2. The Balaban J connectivity index is 1.64. The molecule has 0 unspecified atom stereocenters. The average Bonchev–Trinajstić information content (AvgIpc) is 2.95. The molecular formula is C17H13BrF3N3O. The summed E-state index contributed by atoms with van der Waals surface area (Å²) in [5, 5.41) is 2.77. The molecule has 1 aromatic carbocycles. The van der Waals surface area contributed by atoms with E-state index in [2.05, 4.69) is 26.2 Å². The van der Waals surface area contributed by atoms with Gasteiger partial charge in [0.25, 0.3) is 5.91 Å². The van der Waals surface area contributed by atoms with Gasteiger partial charge in [0.1, 0.15) is 5.65 Å². The third-order valence-electron chi connectivity index (χ3n) is 3.58. The summed E-state index contributed by atoms with van der Waals surface area (Å²) in [6.07, 6.45) is -1.43. The van der Waals surface area contributed by atoms with E-state index in [1.54, 1.807) is 18.2 Å². The standard InChI is InChI=1S/C17H13BrF3N3O/c18-13-3-1-2-11(8-13)16(25)22-7-6-14-10-24-9-12(17(19,20)21)4-5-15(24)23-14/h1-5,8-10H,6-7H2,(H,22,25). The molecule has 0 saturated carbocycles. The molecule has 0 saturated heterocycles. The van der Waals surface area contributed by atoms with Gasteiger partial charge < -0.3 is 9.72 Å². The van der Waals surface area contributed by atoms with Crippen LogP contribution in [0.25, 0.3) is 5.65 Å². The van der Waals surface area contributed by atoms with Gasteiger partial charge in [-0.15, -0.1) is 0 Å². The van der Waals surface area contributed by atoms with Crippen LogP contribution >= 0.6 is 15.9 Å². The van der Waals surface area contributed by atoms with Crippen LogP contribution in [0.4, 0.5) is 13.2 Å². The second-order valence-electron chi connectivity index (χ2n) is 5.43. The zero-order valence-electron chi connectivity index (χ0n) is 12.8. The van der Waals surface area contributed by atoms with Crippen LogP contribution in [0.1, 0.15) is 21.6 Å². The number of alkyl halides is 3. The van der Waals surface area contributed by atoms with Gasteiger partial charge in [0.05, 0.1) is 11.3 Å². The first-order valence-corrected chi connectivity index (χ1v) is 8.21. The molecule has 0 atom stereocenters. The summed E-state index contributed by atoms with van der Waals surface area (Å²) in [7, 11) is 0. The summed E-state index contributed by atoms with van der Waals surface area (Å²) in [5.41, 5.74) is 0.835. The third-order valence-corrected chi connectivity index (χ3v) is 4.08. The summed E-state index contributed by atoms with van der Waals surface area (Å²) in [6, 6.07) is 9.32. The zero-order chi connectivity index (χ0) is 18.0. The fourth-order valence-electron chi connectivity index (χ4n) is 2.37. The zero-order valence-corrected chi connectivity index (χ0v) is 14.4. The van der Waals surface area contributed by atoms with Crippen LogP contribution in [0.5, 0.6) is 0 Å². The molecule has 0 bridgehead atoms. The van der Waals surface area contributed by atoms with E-state index in [1.807, 2.05) is 6.07 Å². The predicted molar refractivity (Wildman–Crippen MR) is 90.4 cm³/mol. The highest BCUT2D eigenvalue weighted by Gasteiger charge is 2.30. The topological polar surface area (TPSA) is 46.4 Å². The number of imidazole rings is 1. The third kappa shape index (κ3) is 4.19. The lowest BCUT2D eigenvalue weighted by molar-refractivity contribution is -0.137. The Labute approximate surface area is 149 Å². The van der Waals surface area contributed by atoms with Crippen molar-refractivity contribution in [2.45, 2.75) is 12.6 Å². The number of nitrogens with one attached hydrogen (secondary N) is 1. The molecular weight excluding hydrogens is 399 g/mol. The first kappa shape index (κ1) is 17.5. The first-order chi connectivity index (χ1) is 11.8. The van der Waals surface area contributed by atoms with E-state index in [0.29, 0.717) is 29.9 Å². The molecule has 0 aliphatic rings. The van der Waals surface area contributed by atoms with Gasteiger partial charge in [0.2, 0.25) is 0 Å². The monoisotopic (exact) mass is 411 g/mol. The number of pyridine rings is 1. The molecule has 0 aliphatic carbocycles. The van der Waals surface area contributed by atoms with Gasteiger partial charge in [-0.05, 0) is 30.3 Å². The van der Waals surface area contributed by atoms with Crippen LogP contribution in [0.15, 0.2) is 53.3 Å². The minimum Gasteiger partial charge on any atom is -0.352 e. The number of hydrogen-bond donors (Lipinski definition) is 1. The SMILES string of the molecule is O=C(NCCc1cn2cc(C(F)(F)F)ccc2n1)c1cccc(Br)c1. The second-order valence-corrected chi connectivity index (χ2v) is 6.35. The molecule has 8 heteroatoms. The molecule has 130 valence electrons. The van der Waals surface area contributed by atoms with Crippen molar-refractivity contribution in [2.24, 2.45) is 0 Å². The van der Waals surface area contributed by atoms with Gasteiger partial charge in [0, 0.05) is 35.4 Å². The molecule has 25 heavy (non-hydrogen) atoms. The van der Waals surface area contributed by atoms with Crippen molar-refractivity contribution in [1.82, 2.24) is 14.7 Å². The van der Waals surface area contributed by atoms with Crippen LogP contribution < -0.4 is 5.32 Å². The number of amides is 1. The summed E-state index contributed by atoms with van der Waals surface area (Å²) in [5.74, 6) is -0.218. The number of rotatable bonds is 4. The molecule has 0 radical (unpaired) electrons. The van der Waals surface area contributed by atoms with Gasteiger partial charge in [-0.1, -0.05) is 22.0 Å². The Bertz CT molecular complexity index is 921. The molecule has 2 heterocycles. The molecule has 0 fully saturated rings. The van der Waals surface area contributed by atoms with E-state index < -0.39 is 11.7 Å². The van der Waals surface area contributed by atoms with Gasteiger partial charge in [0.15, 0.2) is 0 Å². The normalized spacial score (nSPS) is 11.7. The van der Waals surface area contributed by atoms with Gasteiger partial charge in [-0.2, -0.15) is 13.2 Å². The largest absolute Gasteiger partial charge is 0.417 e. The number of fused-ring (bicyclic) bond motifs is 1. The van der Waals surface area contributed by atoms with E-state index in [9.17, 15) is 18.0 Å². The first-order valence-electron chi connectivity index (χ1n) is 7.41. The van der Waals surface area contributed by atoms with Crippen LogP contribution in [-0.2, 0) is 12.6 Å². The summed E-state index contributed by atoms with van der Waals surface area (Å²) >= 11 is 3.30. The summed E-state index contributed by atoms with van der Waals surface area (Å²) < 4.78 is 40.3. The minimum atomic E-state index is -4.39. The van der Waals surface area contributed by atoms with Crippen LogP contribution in [0.3, 0.4) is 0 Å². The lowest BCUT2D eigenvalue weighted by Gasteiger charge is -2.05. The number of nitrogens with zero attached hydrogens (tertiary/aromatic N) is 2. The maximum Gasteiger partial charge on any atom is 0.417 e. The van der Waals surface area contributed by atoms with Crippen LogP contribution in [0, 0.1) is 0 Å². The quantitative estimate of drug-likeness (QED) is 0.702. The Kier molecular flexibility index (Phi) is 4.80. The Morgan fingerprint density at radius 3 is 2.72 bits per heavy atom. The maximum atomic E-state index is 12.7. The molecule has 1 N–H and O–H groups in total. The van der Waals surface area contributed by atoms with E-state index in [0.717, 1.165) is 16.7 Å². The summed E-state index contributed by atoms with van der Waals surface area (Å²) in [4.78, 5) is 16.3. The Morgan fingerprint density at radius 2 is 2.00 bits per heavy atom. The van der Waals surface area contributed by atoms with Crippen molar-refractivity contribution in [3.63, 3.8) is 0 Å². The molecule has 4 nitrogen and oxygen atoms in total. The van der Waals surface area contributed by atoms with Gasteiger partial charge in [-0.3, -0.25) is 4.79 Å².